The third-order valence-corrected chi connectivity index (χ3v) is 6.66. The van der Waals surface area contributed by atoms with E-state index in [1.807, 2.05) is 25.1 Å². The molecule has 28 heavy (non-hydrogen) atoms. The molecule has 1 saturated carbocycles. The third kappa shape index (κ3) is 3.81. The lowest BCUT2D eigenvalue weighted by Crippen LogP contribution is -3.13. The molecule has 1 heterocycles. The van der Waals surface area contributed by atoms with Crippen LogP contribution in [0.2, 0.25) is 0 Å². The van der Waals surface area contributed by atoms with Crippen molar-refractivity contribution in [2.24, 2.45) is 5.92 Å². The number of halogens is 1. The first-order valence-electron chi connectivity index (χ1n) is 10.6. The maximum Gasteiger partial charge on any atom is 0.128 e. The molecule has 2 fully saturated rings. The fourth-order valence-corrected chi connectivity index (χ4v) is 5.42. The number of rotatable bonds is 5. The summed E-state index contributed by atoms with van der Waals surface area (Å²) in [4.78, 5) is 1.40. The molecule has 3 nitrogen and oxygen atoms in total. The number of piperidine rings is 1. The van der Waals surface area contributed by atoms with Crippen molar-refractivity contribution in [1.82, 2.24) is 0 Å². The molecule has 1 unspecified atom stereocenters. The molecule has 0 amide bonds. The molecule has 0 spiro atoms. The molecule has 4 atom stereocenters. The highest BCUT2D eigenvalue weighted by Crippen LogP contribution is 2.45. The highest BCUT2D eigenvalue weighted by atomic mass is 19.1. The van der Waals surface area contributed by atoms with Gasteiger partial charge in [0.2, 0.25) is 0 Å². The van der Waals surface area contributed by atoms with Crippen molar-refractivity contribution in [2.45, 2.75) is 57.2 Å². The van der Waals surface area contributed by atoms with E-state index < -0.39 is 5.60 Å². The van der Waals surface area contributed by atoms with Crippen LogP contribution in [0.3, 0.4) is 0 Å². The maximum absolute atomic E-state index is 13.8. The average molecular weight is 385 g/mol. The van der Waals surface area contributed by atoms with Crippen LogP contribution in [0.1, 0.15) is 56.2 Å². The van der Waals surface area contributed by atoms with Gasteiger partial charge < -0.3 is 14.7 Å². The Hall–Kier alpha value is -1.91. The van der Waals surface area contributed by atoms with Crippen LogP contribution in [0, 0.1) is 11.7 Å². The second-order valence-corrected chi connectivity index (χ2v) is 8.37. The summed E-state index contributed by atoms with van der Waals surface area (Å²) in [5.41, 5.74) is 1.60. The number of likely N-dealkylation sites (tertiary alicyclic amines) is 1. The van der Waals surface area contributed by atoms with Gasteiger partial charge in [-0.05, 0) is 44.0 Å². The second-order valence-electron chi connectivity index (χ2n) is 8.37. The van der Waals surface area contributed by atoms with E-state index in [1.165, 1.54) is 16.5 Å². The summed E-state index contributed by atoms with van der Waals surface area (Å²) in [5, 5.41) is 11.5. The van der Waals surface area contributed by atoms with Gasteiger partial charge in [-0.2, -0.15) is 0 Å². The second kappa shape index (κ2) is 8.22. The smallest absolute Gasteiger partial charge is 0.128 e. The molecule has 4 heteroatoms. The lowest BCUT2D eigenvalue weighted by molar-refractivity contribution is -0.958. The molecular weight excluding hydrogens is 353 g/mol. The summed E-state index contributed by atoms with van der Waals surface area (Å²) in [6, 6.07) is 15.3. The van der Waals surface area contributed by atoms with Crippen molar-refractivity contribution in [3.63, 3.8) is 0 Å². The molecule has 1 aliphatic carbocycles. The van der Waals surface area contributed by atoms with Gasteiger partial charge >= 0.3 is 0 Å². The zero-order valence-corrected chi connectivity index (χ0v) is 16.7. The predicted octanol–water partition coefficient (Wildman–Crippen LogP) is 3.68. The molecule has 4 rings (SSSR count). The molecule has 150 valence electrons. The summed E-state index contributed by atoms with van der Waals surface area (Å²) in [5.74, 6) is 0.941. The van der Waals surface area contributed by atoms with Gasteiger partial charge in [-0.3, -0.25) is 0 Å². The zero-order chi connectivity index (χ0) is 19.6. The van der Waals surface area contributed by atoms with Crippen LogP contribution in [0.5, 0.6) is 5.75 Å². The number of aliphatic hydroxyl groups is 1. The Morgan fingerprint density at radius 3 is 2.82 bits per heavy atom. The monoisotopic (exact) mass is 384 g/mol. The molecule has 0 aromatic heterocycles. The predicted molar refractivity (Wildman–Crippen MR) is 108 cm³/mol. The number of ether oxygens (including phenoxy) is 1. The molecule has 0 radical (unpaired) electrons. The van der Waals surface area contributed by atoms with Gasteiger partial charge in [0, 0.05) is 17.9 Å². The lowest BCUT2D eigenvalue weighted by Gasteiger charge is -2.50. The van der Waals surface area contributed by atoms with E-state index >= 15 is 0 Å². The molecule has 1 saturated heterocycles. The number of benzene rings is 2. The molecule has 1 aliphatic heterocycles. The van der Waals surface area contributed by atoms with Crippen molar-refractivity contribution in [1.29, 1.82) is 0 Å². The number of fused-ring (bicyclic) bond motifs is 1. The van der Waals surface area contributed by atoms with Gasteiger partial charge in [-0.25, -0.2) is 4.39 Å². The fraction of sp³-hybridized carbons (Fsp3) is 0.500. The third-order valence-electron chi connectivity index (χ3n) is 6.66. The van der Waals surface area contributed by atoms with E-state index in [0.29, 0.717) is 6.61 Å². The SMILES string of the molecule is CCOc1ccccc1[C@H]1[C@@H]2CCCC[C@]2(O)CC[NH+]1Cc1cccc(F)c1. The Labute approximate surface area is 167 Å². The molecule has 0 bridgehead atoms. The van der Waals surface area contributed by atoms with Gasteiger partial charge in [0.05, 0.1) is 24.3 Å². The summed E-state index contributed by atoms with van der Waals surface area (Å²) < 4.78 is 19.7. The minimum absolute atomic E-state index is 0.157. The van der Waals surface area contributed by atoms with E-state index in [-0.39, 0.29) is 17.8 Å². The first kappa shape index (κ1) is 19.4. The molecule has 2 N–H and O–H groups in total. The maximum atomic E-state index is 13.8. The van der Waals surface area contributed by atoms with Crippen molar-refractivity contribution >= 4 is 0 Å². The van der Waals surface area contributed by atoms with Crippen LogP contribution in [0.25, 0.3) is 0 Å². The zero-order valence-electron chi connectivity index (χ0n) is 16.7. The summed E-state index contributed by atoms with van der Waals surface area (Å²) in [6.07, 6.45) is 5.00. The Morgan fingerprint density at radius 2 is 2.00 bits per heavy atom. The van der Waals surface area contributed by atoms with E-state index in [2.05, 4.69) is 12.1 Å². The van der Waals surface area contributed by atoms with Crippen molar-refractivity contribution in [2.75, 3.05) is 13.2 Å². The Bertz CT molecular complexity index is 811. The lowest BCUT2D eigenvalue weighted by atomic mass is 9.66. The summed E-state index contributed by atoms with van der Waals surface area (Å²) in [7, 11) is 0. The molecular formula is C24H31FNO2+. The number of para-hydroxylation sites is 1. The van der Waals surface area contributed by atoms with Gasteiger partial charge in [0.1, 0.15) is 24.2 Å². The van der Waals surface area contributed by atoms with Crippen LogP contribution >= 0.6 is 0 Å². The van der Waals surface area contributed by atoms with Crippen LogP contribution in [-0.2, 0) is 6.54 Å². The first-order valence-corrected chi connectivity index (χ1v) is 10.6. The van der Waals surface area contributed by atoms with E-state index in [1.54, 1.807) is 12.1 Å². The van der Waals surface area contributed by atoms with E-state index in [9.17, 15) is 9.50 Å². The topological polar surface area (TPSA) is 33.9 Å². The van der Waals surface area contributed by atoms with Crippen LogP contribution in [0.15, 0.2) is 48.5 Å². The Morgan fingerprint density at radius 1 is 1.14 bits per heavy atom. The number of quaternary nitrogens is 1. The minimum atomic E-state index is -0.590. The Kier molecular flexibility index (Phi) is 5.70. The van der Waals surface area contributed by atoms with E-state index in [0.717, 1.165) is 56.5 Å². The summed E-state index contributed by atoms with van der Waals surface area (Å²) in [6.45, 7) is 4.27. The standard InChI is InChI=1S/C24H30FNO2/c1-2-28-22-12-4-3-10-20(22)23-21-11-5-6-13-24(21,27)14-15-26(23)17-18-8-7-9-19(25)16-18/h3-4,7-10,12,16,21,23,27H,2,5-6,11,13-15,17H2,1H3/p+1/t21-,23-,24-/m0/s1. The Balaban J connectivity index is 1.72. The van der Waals surface area contributed by atoms with Crippen LogP contribution < -0.4 is 9.64 Å². The average Bonchev–Trinajstić information content (AvgIpc) is 2.69. The minimum Gasteiger partial charge on any atom is -0.493 e. The van der Waals surface area contributed by atoms with E-state index in [4.69, 9.17) is 4.74 Å². The van der Waals surface area contributed by atoms with Crippen molar-refractivity contribution in [3.8, 4) is 5.75 Å². The van der Waals surface area contributed by atoms with Gasteiger partial charge in [0.15, 0.2) is 0 Å². The largest absolute Gasteiger partial charge is 0.493 e. The number of nitrogens with one attached hydrogen (secondary N) is 1. The number of hydrogen-bond acceptors (Lipinski definition) is 2. The quantitative estimate of drug-likeness (QED) is 0.825. The van der Waals surface area contributed by atoms with Gasteiger partial charge in [-0.15, -0.1) is 0 Å². The highest BCUT2D eigenvalue weighted by Gasteiger charge is 2.52. The van der Waals surface area contributed by atoms with Gasteiger partial charge in [-0.1, -0.05) is 37.1 Å². The van der Waals surface area contributed by atoms with Crippen LogP contribution in [0.4, 0.5) is 4.39 Å². The normalized spacial score (nSPS) is 29.9. The molecule has 2 aromatic carbocycles. The van der Waals surface area contributed by atoms with Gasteiger partial charge in [0.25, 0.3) is 0 Å². The van der Waals surface area contributed by atoms with Crippen molar-refractivity contribution < 1.29 is 19.1 Å². The molecule has 2 aromatic rings. The highest BCUT2D eigenvalue weighted by molar-refractivity contribution is 5.36. The number of hydrogen-bond donors (Lipinski definition) is 2. The first-order chi connectivity index (χ1) is 13.6. The molecule has 2 aliphatic rings. The summed E-state index contributed by atoms with van der Waals surface area (Å²) >= 11 is 0. The van der Waals surface area contributed by atoms with Crippen LogP contribution in [-0.4, -0.2) is 23.9 Å². The fourth-order valence-electron chi connectivity index (χ4n) is 5.42. The van der Waals surface area contributed by atoms with Crippen molar-refractivity contribution in [3.05, 3.63) is 65.5 Å².